The van der Waals surface area contributed by atoms with Gasteiger partial charge in [0.1, 0.15) is 34.7 Å². The molecule has 2 aromatic heterocycles. The van der Waals surface area contributed by atoms with E-state index < -0.39 is 24.3 Å². The highest BCUT2D eigenvalue weighted by molar-refractivity contribution is 9.10. The third kappa shape index (κ3) is 6.56. The van der Waals surface area contributed by atoms with E-state index in [9.17, 15) is 19.5 Å². The number of hydrogen-bond donors (Lipinski definition) is 4. The summed E-state index contributed by atoms with van der Waals surface area (Å²) in [5.41, 5.74) is 6.42. The van der Waals surface area contributed by atoms with Crippen LogP contribution in [0, 0.1) is 11.8 Å². The van der Waals surface area contributed by atoms with Crippen molar-refractivity contribution in [3.05, 3.63) is 64.3 Å². The van der Waals surface area contributed by atoms with Crippen LogP contribution >= 0.6 is 15.9 Å². The minimum Gasteiger partial charge on any atom is -0.488 e. The van der Waals surface area contributed by atoms with Crippen molar-refractivity contribution in [1.29, 1.82) is 0 Å². The van der Waals surface area contributed by atoms with Gasteiger partial charge in [-0.25, -0.2) is 19.6 Å². The quantitative estimate of drug-likeness (QED) is 0.123. The van der Waals surface area contributed by atoms with Gasteiger partial charge in [-0.05, 0) is 88.8 Å². The number of carbonyl (C=O) groups excluding carboxylic acids is 2. The van der Waals surface area contributed by atoms with Crippen molar-refractivity contribution in [2.24, 2.45) is 11.8 Å². The zero-order valence-corrected chi connectivity index (χ0v) is 32.9. The Hall–Kier alpha value is -5.15. The third-order valence-corrected chi connectivity index (χ3v) is 11.9. The molecule has 5 atom stereocenters. The molecule has 2 saturated heterocycles. The van der Waals surface area contributed by atoms with Gasteiger partial charge in [-0.2, -0.15) is 0 Å². The van der Waals surface area contributed by atoms with Crippen LogP contribution in [0.1, 0.15) is 69.3 Å². The molecule has 0 saturated carbocycles. The second kappa shape index (κ2) is 14.5. The monoisotopic (exact) mass is 813 g/mol. The number of imidazole rings is 2. The van der Waals surface area contributed by atoms with Crippen LogP contribution in [0.3, 0.4) is 0 Å². The van der Waals surface area contributed by atoms with Gasteiger partial charge in [-0.1, -0.05) is 32.0 Å². The Bertz CT molecular complexity index is 2320. The van der Waals surface area contributed by atoms with Gasteiger partial charge in [0.2, 0.25) is 5.91 Å². The number of carboxylic acid groups (broad SMARTS) is 1. The number of hydrogen-bond acceptors (Lipinski definition) is 8. The lowest BCUT2D eigenvalue weighted by Crippen LogP contribution is -2.52. The Morgan fingerprint density at radius 2 is 1.84 bits per heavy atom. The fourth-order valence-electron chi connectivity index (χ4n) is 8.58. The first-order valence-corrected chi connectivity index (χ1v) is 19.4. The summed E-state index contributed by atoms with van der Waals surface area (Å²) in [7, 11) is 2.92. The molecule has 0 unspecified atom stereocenters. The van der Waals surface area contributed by atoms with Crippen LogP contribution in [0.15, 0.2) is 47.1 Å². The first-order chi connectivity index (χ1) is 26.4. The molecule has 8 rings (SSSR count). The van der Waals surface area contributed by atoms with E-state index in [4.69, 9.17) is 24.2 Å². The number of H-pyrrole nitrogens is 2. The molecule has 3 aliphatic rings. The molecule has 5 aromatic rings. The SMILES string of the molecule is COC[C@H]1C[C@@H](c2nc(Br)c(-c3ccc4c(c3)COc3cc5c(ccc6nc([C@@H]7CC[C@H](C)N7C(=O)[C@@H](NC(=O)OC)C(C)C)[nH]c65)cc3-4)[nH]2)N(C(=O)O)C1. The number of carbonyl (C=O) groups is 3. The maximum atomic E-state index is 13.9. The van der Waals surface area contributed by atoms with E-state index in [0.717, 1.165) is 68.3 Å². The average molecular weight is 815 g/mol. The third-order valence-electron chi connectivity index (χ3n) is 11.3. The molecule has 2 fully saturated rings. The topological polar surface area (TPSA) is 175 Å². The number of ether oxygens (including phenoxy) is 3. The lowest BCUT2D eigenvalue weighted by atomic mass is 9.92. The zero-order valence-electron chi connectivity index (χ0n) is 31.3. The van der Waals surface area contributed by atoms with Crippen LogP contribution in [0.5, 0.6) is 5.75 Å². The van der Waals surface area contributed by atoms with E-state index in [2.05, 4.69) is 61.5 Å². The summed E-state index contributed by atoms with van der Waals surface area (Å²) in [5, 5.41) is 14.6. The van der Waals surface area contributed by atoms with Crippen LogP contribution in [0.25, 0.3) is 44.2 Å². The maximum absolute atomic E-state index is 13.9. The smallest absolute Gasteiger partial charge is 0.407 e. The summed E-state index contributed by atoms with van der Waals surface area (Å²) in [6.45, 7) is 7.10. The molecule has 4 N–H and O–H groups in total. The number of nitrogens with one attached hydrogen (secondary N) is 3. The summed E-state index contributed by atoms with van der Waals surface area (Å²) < 4.78 is 17.1. The highest BCUT2D eigenvalue weighted by Gasteiger charge is 2.42. The first kappa shape index (κ1) is 36.8. The lowest BCUT2D eigenvalue weighted by molar-refractivity contribution is -0.137. The molecule has 15 heteroatoms. The van der Waals surface area contributed by atoms with Gasteiger partial charge in [0.15, 0.2) is 0 Å². The van der Waals surface area contributed by atoms with Crippen LogP contribution in [-0.4, -0.2) is 92.4 Å². The molecule has 0 bridgehead atoms. The molecule has 0 radical (unpaired) electrons. The summed E-state index contributed by atoms with van der Waals surface area (Å²) in [6.07, 6.45) is 0.582. The predicted octanol–water partition coefficient (Wildman–Crippen LogP) is 7.55. The van der Waals surface area contributed by atoms with Crippen LogP contribution < -0.4 is 10.1 Å². The summed E-state index contributed by atoms with van der Waals surface area (Å²) in [5.74, 6) is 1.89. The van der Waals surface area contributed by atoms with Gasteiger partial charge in [0, 0.05) is 42.1 Å². The number of aromatic amines is 2. The van der Waals surface area contributed by atoms with Crippen molar-refractivity contribution < 1.29 is 33.7 Å². The fourth-order valence-corrected chi connectivity index (χ4v) is 9.10. The van der Waals surface area contributed by atoms with E-state index in [0.29, 0.717) is 42.4 Å². The van der Waals surface area contributed by atoms with Crippen molar-refractivity contribution in [2.45, 2.75) is 70.8 Å². The Kier molecular flexibility index (Phi) is 9.70. The second-order valence-corrected chi connectivity index (χ2v) is 15.9. The van der Waals surface area contributed by atoms with Gasteiger partial charge in [0.25, 0.3) is 0 Å². The fraction of sp³-hybridized carbons (Fsp3) is 0.425. The molecule has 55 heavy (non-hydrogen) atoms. The number of nitrogens with zero attached hydrogens (tertiary/aromatic N) is 4. The van der Waals surface area contributed by atoms with E-state index in [-0.39, 0.29) is 29.8 Å². The number of fused-ring (bicyclic) bond motifs is 6. The average Bonchev–Trinajstić information content (AvgIpc) is 3.97. The standard InChI is InChI=1S/C40H44BrN7O7/c1-19(2)32(45-39(50)54-5)38(49)48-20(3)6-11-29(48)36-42-28-10-8-22-14-27-25-9-7-23(13-24(25)18-55-31(27)15-26(22)34(28)44-36)33-35(41)46-37(43-33)30-12-21(17-53-4)16-47(30)40(51)52/h7-10,13-15,19-21,29-30,32H,6,11-12,16-18H2,1-5H3,(H,42,44)(H,43,46)(H,45,50)(H,51,52)/t20-,21-,29-,30-,32-/m0/s1. The molecule has 3 amide bonds. The van der Waals surface area contributed by atoms with E-state index in [1.807, 2.05) is 37.8 Å². The highest BCUT2D eigenvalue weighted by atomic mass is 79.9. The number of alkyl carbamates (subject to hydrolysis) is 1. The number of methoxy groups -OCH3 is 2. The van der Waals surface area contributed by atoms with Crippen LogP contribution in [-0.2, 0) is 20.9 Å². The Balaban J connectivity index is 1.08. The second-order valence-electron chi connectivity index (χ2n) is 15.2. The number of aromatic nitrogens is 4. The van der Waals surface area contributed by atoms with Crippen molar-refractivity contribution in [1.82, 2.24) is 35.1 Å². The van der Waals surface area contributed by atoms with Gasteiger partial charge in [-0.3, -0.25) is 9.69 Å². The molecule has 0 aliphatic carbocycles. The number of halogens is 1. The number of likely N-dealkylation sites (tertiary alicyclic amines) is 2. The van der Waals surface area contributed by atoms with Crippen molar-refractivity contribution in [3.8, 4) is 28.1 Å². The van der Waals surface area contributed by atoms with E-state index >= 15 is 0 Å². The largest absolute Gasteiger partial charge is 0.488 e. The van der Waals surface area contributed by atoms with Gasteiger partial charge in [0.05, 0.1) is 42.5 Å². The summed E-state index contributed by atoms with van der Waals surface area (Å²) in [6, 6.07) is 13.1. The summed E-state index contributed by atoms with van der Waals surface area (Å²) >= 11 is 3.62. The van der Waals surface area contributed by atoms with Crippen molar-refractivity contribution in [3.63, 3.8) is 0 Å². The van der Waals surface area contributed by atoms with Crippen molar-refractivity contribution in [2.75, 3.05) is 27.4 Å². The Morgan fingerprint density at radius 3 is 2.58 bits per heavy atom. The van der Waals surface area contributed by atoms with Crippen LogP contribution in [0.4, 0.5) is 9.59 Å². The minimum absolute atomic E-state index is 0.0240. The molecule has 0 spiro atoms. The summed E-state index contributed by atoms with van der Waals surface area (Å²) in [4.78, 5) is 58.1. The number of amides is 3. The molecule has 3 aromatic carbocycles. The molecule has 5 heterocycles. The van der Waals surface area contributed by atoms with Gasteiger partial charge >= 0.3 is 12.2 Å². The van der Waals surface area contributed by atoms with Crippen molar-refractivity contribution >= 4 is 55.8 Å². The number of benzene rings is 3. The Labute approximate surface area is 326 Å². The highest BCUT2D eigenvalue weighted by Crippen LogP contribution is 2.44. The van der Waals surface area contributed by atoms with Gasteiger partial charge < -0.3 is 39.5 Å². The molecule has 14 nitrogen and oxygen atoms in total. The van der Waals surface area contributed by atoms with Crippen LogP contribution in [0.2, 0.25) is 0 Å². The van der Waals surface area contributed by atoms with E-state index in [1.54, 1.807) is 7.11 Å². The predicted molar refractivity (Wildman–Crippen MR) is 209 cm³/mol. The normalized spacial score (nSPS) is 21.1. The molecule has 3 aliphatic heterocycles. The molecule has 288 valence electrons. The molecular weight excluding hydrogens is 770 g/mol. The lowest BCUT2D eigenvalue weighted by Gasteiger charge is -2.32. The molecular formula is C40H44BrN7O7. The number of rotatable bonds is 8. The first-order valence-electron chi connectivity index (χ1n) is 18.6. The Morgan fingerprint density at radius 1 is 1.04 bits per heavy atom. The minimum atomic E-state index is -0.975. The van der Waals surface area contributed by atoms with E-state index in [1.165, 1.54) is 12.0 Å². The van der Waals surface area contributed by atoms with Gasteiger partial charge in [-0.15, -0.1) is 0 Å². The zero-order chi connectivity index (χ0) is 38.7. The maximum Gasteiger partial charge on any atom is 0.407 e.